The molecule has 2 aromatic rings. The number of aryl methyl sites for hydroxylation is 1. The minimum Gasteiger partial charge on any atom is -0.354 e. The summed E-state index contributed by atoms with van der Waals surface area (Å²) in [6, 6.07) is 8.35. The van der Waals surface area contributed by atoms with Gasteiger partial charge in [0.2, 0.25) is 17.6 Å². The molecule has 124 valence electrons. The molecule has 5 nitrogen and oxygen atoms in total. The van der Waals surface area contributed by atoms with E-state index in [2.05, 4.69) is 41.4 Å². The molecule has 0 fully saturated rings. The van der Waals surface area contributed by atoms with Crippen LogP contribution in [0.1, 0.15) is 57.9 Å². The Hall–Kier alpha value is -2.17. The van der Waals surface area contributed by atoms with Gasteiger partial charge in [0.25, 0.3) is 0 Å². The highest BCUT2D eigenvalue weighted by molar-refractivity contribution is 5.76. The Morgan fingerprint density at radius 3 is 2.52 bits per heavy atom. The predicted octanol–water partition coefficient (Wildman–Crippen LogP) is 3.71. The summed E-state index contributed by atoms with van der Waals surface area (Å²) >= 11 is 0. The van der Waals surface area contributed by atoms with Crippen LogP contribution in [0.5, 0.6) is 0 Å². The number of hydrogen-bond donors (Lipinski definition) is 1. The van der Waals surface area contributed by atoms with Crippen molar-refractivity contribution >= 4 is 5.91 Å². The number of nitrogens with one attached hydrogen (secondary N) is 1. The van der Waals surface area contributed by atoms with Gasteiger partial charge in [-0.15, -0.1) is 0 Å². The van der Waals surface area contributed by atoms with Gasteiger partial charge in [-0.05, 0) is 24.8 Å². The van der Waals surface area contributed by atoms with Crippen LogP contribution in [0.25, 0.3) is 11.4 Å². The molecule has 23 heavy (non-hydrogen) atoms. The monoisotopic (exact) mass is 315 g/mol. The highest BCUT2D eigenvalue weighted by Crippen LogP contribution is 2.20. The largest absolute Gasteiger partial charge is 0.354 e. The first-order valence-electron chi connectivity index (χ1n) is 8.21. The van der Waals surface area contributed by atoms with Crippen molar-refractivity contribution in [3.8, 4) is 11.4 Å². The van der Waals surface area contributed by atoms with Gasteiger partial charge >= 0.3 is 0 Å². The second-order valence-electron chi connectivity index (χ2n) is 6.17. The highest BCUT2D eigenvalue weighted by atomic mass is 16.5. The molecule has 1 amide bonds. The summed E-state index contributed by atoms with van der Waals surface area (Å²) in [4.78, 5) is 16.1. The number of nitrogens with zero attached hydrogens (tertiary/aromatic N) is 2. The molecule has 1 unspecified atom stereocenters. The molecule has 1 atom stereocenters. The summed E-state index contributed by atoms with van der Waals surface area (Å²) in [5.74, 6) is 1.57. The van der Waals surface area contributed by atoms with Crippen molar-refractivity contribution in [2.75, 3.05) is 0 Å². The Kier molecular flexibility index (Phi) is 5.90. The second-order valence-corrected chi connectivity index (χ2v) is 6.17. The molecule has 1 aromatic carbocycles. The van der Waals surface area contributed by atoms with E-state index in [4.69, 9.17) is 4.52 Å². The van der Waals surface area contributed by atoms with Crippen LogP contribution in [0.2, 0.25) is 0 Å². The van der Waals surface area contributed by atoms with Crippen molar-refractivity contribution in [3.63, 3.8) is 0 Å². The molecular formula is C18H25N3O2. The molecule has 0 aliphatic rings. The zero-order valence-corrected chi connectivity index (χ0v) is 14.3. The molecule has 0 spiro atoms. The smallest absolute Gasteiger partial charge is 0.227 e. The first-order valence-corrected chi connectivity index (χ1v) is 8.21. The third-order valence-electron chi connectivity index (χ3n) is 3.89. The van der Waals surface area contributed by atoms with Crippen molar-refractivity contribution in [3.05, 3.63) is 35.7 Å². The number of aromatic nitrogens is 2. The van der Waals surface area contributed by atoms with E-state index in [1.54, 1.807) is 0 Å². The third kappa shape index (κ3) is 4.91. The van der Waals surface area contributed by atoms with Crippen LogP contribution in [0.3, 0.4) is 0 Å². The quantitative estimate of drug-likeness (QED) is 0.845. The fourth-order valence-corrected chi connectivity index (χ4v) is 2.16. The van der Waals surface area contributed by atoms with Crippen molar-refractivity contribution in [1.29, 1.82) is 0 Å². The van der Waals surface area contributed by atoms with Crippen molar-refractivity contribution in [1.82, 2.24) is 15.5 Å². The van der Waals surface area contributed by atoms with E-state index in [9.17, 15) is 4.79 Å². The van der Waals surface area contributed by atoms with Crippen LogP contribution in [-0.2, 0) is 11.2 Å². The van der Waals surface area contributed by atoms with Gasteiger partial charge in [-0.25, -0.2) is 0 Å². The van der Waals surface area contributed by atoms with Crippen molar-refractivity contribution in [2.24, 2.45) is 0 Å². The number of amides is 1. The molecule has 1 N–H and O–H groups in total. The first kappa shape index (κ1) is 17.2. The third-order valence-corrected chi connectivity index (χ3v) is 3.89. The topological polar surface area (TPSA) is 68.0 Å². The van der Waals surface area contributed by atoms with Crippen molar-refractivity contribution < 1.29 is 9.32 Å². The Labute approximate surface area is 137 Å². The zero-order chi connectivity index (χ0) is 16.8. The molecule has 0 aliphatic heterocycles. The minimum atomic E-state index is 0.0142. The summed E-state index contributed by atoms with van der Waals surface area (Å²) in [6.45, 7) is 8.35. The van der Waals surface area contributed by atoms with E-state index in [1.807, 2.05) is 26.0 Å². The van der Waals surface area contributed by atoms with E-state index in [0.717, 1.165) is 12.0 Å². The average Bonchev–Trinajstić information content (AvgIpc) is 3.02. The van der Waals surface area contributed by atoms with Gasteiger partial charge in [-0.3, -0.25) is 4.79 Å². The summed E-state index contributed by atoms with van der Waals surface area (Å²) in [5, 5.41) is 6.92. The molecular weight excluding hydrogens is 290 g/mol. The molecule has 0 bridgehead atoms. The lowest BCUT2D eigenvalue weighted by Crippen LogP contribution is -2.32. The van der Waals surface area contributed by atoms with Crippen LogP contribution in [0.15, 0.2) is 28.8 Å². The van der Waals surface area contributed by atoms with Gasteiger partial charge in [0.05, 0.1) is 0 Å². The summed E-state index contributed by atoms with van der Waals surface area (Å²) < 4.78 is 5.24. The van der Waals surface area contributed by atoms with Crippen LogP contribution >= 0.6 is 0 Å². The lowest BCUT2D eigenvalue weighted by molar-refractivity contribution is -0.121. The fraction of sp³-hybridized carbons (Fsp3) is 0.500. The Bertz CT molecular complexity index is 632. The zero-order valence-electron chi connectivity index (χ0n) is 14.3. The van der Waals surface area contributed by atoms with Crippen LogP contribution in [0, 0.1) is 0 Å². The Morgan fingerprint density at radius 2 is 1.91 bits per heavy atom. The maximum absolute atomic E-state index is 11.8. The van der Waals surface area contributed by atoms with Gasteiger partial charge in [-0.1, -0.05) is 50.2 Å². The number of hydrogen-bond acceptors (Lipinski definition) is 4. The van der Waals surface area contributed by atoms with Gasteiger partial charge < -0.3 is 9.84 Å². The Balaban J connectivity index is 1.94. The average molecular weight is 315 g/mol. The molecule has 0 saturated carbocycles. The van der Waals surface area contributed by atoms with Crippen molar-refractivity contribution in [2.45, 2.75) is 58.9 Å². The summed E-state index contributed by atoms with van der Waals surface area (Å²) in [6.07, 6.45) is 1.74. The SMILES string of the molecule is CCC(C)NC(=O)CCc1nc(-c2ccc(C(C)C)cc2)no1. The normalized spacial score (nSPS) is 12.4. The molecule has 0 radical (unpaired) electrons. The highest BCUT2D eigenvalue weighted by Gasteiger charge is 2.12. The standard InChI is InChI=1S/C18H25N3O2/c1-5-13(4)19-16(22)10-11-17-20-18(21-23-17)15-8-6-14(7-9-15)12(2)3/h6-9,12-13H,5,10-11H2,1-4H3,(H,19,22). The van der Waals surface area contributed by atoms with E-state index in [0.29, 0.717) is 30.5 Å². The van der Waals surface area contributed by atoms with E-state index in [1.165, 1.54) is 5.56 Å². The molecule has 1 aromatic heterocycles. The minimum absolute atomic E-state index is 0.0142. The summed E-state index contributed by atoms with van der Waals surface area (Å²) in [7, 11) is 0. The lowest BCUT2D eigenvalue weighted by Gasteiger charge is -2.10. The van der Waals surface area contributed by atoms with Gasteiger partial charge in [0, 0.05) is 24.4 Å². The Morgan fingerprint density at radius 1 is 1.22 bits per heavy atom. The maximum Gasteiger partial charge on any atom is 0.227 e. The summed E-state index contributed by atoms with van der Waals surface area (Å²) in [5.41, 5.74) is 2.20. The molecule has 2 rings (SSSR count). The van der Waals surface area contributed by atoms with Crippen LogP contribution < -0.4 is 5.32 Å². The van der Waals surface area contributed by atoms with Crippen LogP contribution in [-0.4, -0.2) is 22.1 Å². The van der Waals surface area contributed by atoms with E-state index >= 15 is 0 Å². The molecule has 0 aliphatic carbocycles. The number of rotatable bonds is 7. The number of carbonyl (C=O) groups is 1. The lowest BCUT2D eigenvalue weighted by atomic mass is 10.0. The molecule has 1 heterocycles. The number of benzene rings is 1. The molecule has 5 heteroatoms. The van der Waals surface area contributed by atoms with Gasteiger partial charge in [-0.2, -0.15) is 4.98 Å². The predicted molar refractivity (Wildman–Crippen MR) is 90.0 cm³/mol. The maximum atomic E-state index is 11.8. The molecule has 0 saturated heterocycles. The van der Waals surface area contributed by atoms with Gasteiger partial charge in [0.1, 0.15) is 0 Å². The van der Waals surface area contributed by atoms with Crippen LogP contribution in [0.4, 0.5) is 0 Å². The number of carbonyl (C=O) groups excluding carboxylic acids is 1. The van der Waals surface area contributed by atoms with E-state index < -0.39 is 0 Å². The fourth-order valence-electron chi connectivity index (χ4n) is 2.16. The first-order chi connectivity index (χ1) is 11.0. The van der Waals surface area contributed by atoms with E-state index in [-0.39, 0.29) is 11.9 Å². The van der Waals surface area contributed by atoms with Gasteiger partial charge in [0.15, 0.2) is 0 Å². The second kappa shape index (κ2) is 7.90.